The van der Waals surface area contributed by atoms with Crippen LogP contribution in [-0.2, 0) is 11.3 Å². The van der Waals surface area contributed by atoms with Gasteiger partial charge < -0.3 is 15.3 Å². The van der Waals surface area contributed by atoms with Gasteiger partial charge in [-0.1, -0.05) is 13.8 Å². The summed E-state index contributed by atoms with van der Waals surface area (Å²) in [5.41, 5.74) is -0.0984. The average Bonchev–Trinajstić information content (AvgIpc) is 3.32. The third kappa shape index (κ3) is 4.03. The van der Waals surface area contributed by atoms with Crippen LogP contribution in [-0.4, -0.2) is 54.1 Å². The fourth-order valence-corrected chi connectivity index (χ4v) is 4.43. The molecule has 9 nitrogen and oxygen atoms in total. The molecule has 2 amide bonds. The molecule has 2 aliphatic rings. The molecule has 3 heterocycles. The summed E-state index contributed by atoms with van der Waals surface area (Å²) in [6, 6.07) is 0.413. The van der Waals surface area contributed by atoms with Gasteiger partial charge in [0, 0.05) is 36.3 Å². The van der Waals surface area contributed by atoms with Crippen LogP contribution < -0.4 is 10.9 Å². The number of likely N-dealkylation sites (tertiary alicyclic amines) is 1. The number of nitrogens with one attached hydrogen (secondary N) is 1. The zero-order chi connectivity index (χ0) is 23.2. The summed E-state index contributed by atoms with van der Waals surface area (Å²) in [5, 5.41) is 17.9. The Morgan fingerprint density at radius 2 is 1.88 bits per heavy atom. The number of carbonyl (C=O) groups is 2. The van der Waals surface area contributed by atoms with Crippen LogP contribution >= 0.6 is 0 Å². The van der Waals surface area contributed by atoms with Gasteiger partial charge in [-0.25, -0.2) is 0 Å². The largest absolute Gasteiger partial charge is 0.494 e. The molecule has 2 aromatic heterocycles. The number of fused-ring (bicyclic) bond motifs is 1. The average molecular weight is 442 g/mol. The fraction of sp³-hybridized carbons (Fsp3) is 0.565. The quantitative estimate of drug-likeness (QED) is 0.668. The van der Waals surface area contributed by atoms with Crippen LogP contribution in [0.15, 0.2) is 17.1 Å². The second kappa shape index (κ2) is 8.44. The lowest BCUT2D eigenvalue weighted by Gasteiger charge is -2.24. The van der Waals surface area contributed by atoms with E-state index >= 15 is 0 Å². The summed E-state index contributed by atoms with van der Waals surface area (Å²) < 4.78 is 2.67. The Hall–Kier alpha value is -3.10. The minimum absolute atomic E-state index is 0.0491. The van der Waals surface area contributed by atoms with Crippen molar-refractivity contribution in [3.8, 4) is 5.88 Å². The number of rotatable bonds is 6. The smallest absolute Gasteiger partial charge is 0.291 e. The molecule has 0 aromatic carbocycles. The van der Waals surface area contributed by atoms with Gasteiger partial charge in [0.25, 0.3) is 11.5 Å². The molecule has 2 N–H and O–H groups in total. The van der Waals surface area contributed by atoms with Crippen molar-refractivity contribution < 1.29 is 14.7 Å². The first kappa shape index (κ1) is 22.1. The highest BCUT2D eigenvalue weighted by Crippen LogP contribution is 2.26. The maximum Gasteiger partial charge on any atom is 0.291 e. The van der Waals surface area contributed by atoms with Gasteiger partial charge in [0.1, 0.15) is 5.65 Å². The van der Waals surface area contributed by atoms with E-state index in [1.165, 1.54) is 16.8 Å². The molecule has 4 rings (SSSR count). The molecule has 172 valence electrons. The van der Waals surface area contributed by atoms with E-state index in [4.69, 9.17) is 0 Å². The third-order valence-corrected chi connectivity index (χ3v) is 6.21. The Labute approximate surface area is 186 Å². The maximum atomic E-state index is 13.0. The normalized spacial score (nSPS) is 21.2. The fourth-order valence-electron chi connectivity index (χ4n) is 4.43. The lowest BCUT2D eigenvalue weighted by Crippen LogP contribution is -2.37. The second-order valence-corrected chi connectivity index (χ2v) is 9.45. The van der Waals surface area contributed by atoms with Crippen molar-refractivity contribution in [2.24, 2.45) is 5.92 Å². The number of aromatic hydroxyl groups is 1. The van der Waals surface area contributed by atoms with Crippen molar-refractivity contribution in [1.82, 2.24) is 24.4 Å². The molecule has 32 heavy (non-hydrogen) atoms. The first-order valence-corrected chi connectivity index (χ1v) is 11.3. The molecule has 0 bridgehead atoms. The van der Waals surface area contributed by atoms with E-state index in [-0.39, 0.29) is 41.4 Å². The van der Waals surface area contributed by atoms with E-state index in [1.807, 2.05) is 32.6 Å². The SMILES string of the molecule is CC(C)Cn1c(O)c(C(=O)NC2CC2)c(=O)n2ncc(/C=C/C(=O)N3[C@H](C)CC[C@H]3C)c12. The van der Waals surface area contributed by atoms with Gasteiger partial charge >= 0.3 is 0 Å². The van der Waals surface area contributed by atoms with Crippen LogP contribution in [0.5, 0.6) is 5.88 Å². The van der Waals surface area contributed by atoms with Gasteiger partial charge in [0.15, 0.2) is 5.56 Å². The third-order valence-electron chi connectivity index (χ3n) is 6.21. The molecule has 9 heteroatoms. The maximum absolute atomic E-state index is 13.0. The second-order valence-electron chi connectivity index (χ2n) is 9.45. The molecule has 1 aliphatic heterocycles. The van der Waals surface area contributed by atoms with Crippen molar-refractivity contribution in [1.29, 1.82) is 0 Å². The number of nitrogens with zero attached hydrogens (tertiary/aromatic N) is 4. The summed E-state index contributed by atoms with van der Waals surface area (Å²) in [7, 11) is 0. The number of hydrogen-bond donors (Lipinski definition) is 2. The van der Waals surface area contributed by atoms with Crippen LogP contribution in [0.25, 0.3) is 11.7 Å². The van der Waals surface area contributed by atoms with Gasteiger partial charge in [-0.05, 0) is 51.5 Å². The van der Waals surface area contributed by atoms with E-state index in [1.54, 1.807) is 6.08 Å². The zero-order valence-corrected chi connectivity index (χ0v) is 19.0. The minimum atomic E-state index is -0.677. The van der Waals surface area contributed by atoms with Crippen molar-refractivity contribution in [3.63, 3.8) is 0 Å². The Morgan fingerprint density at radius 1 is 1.22 bits per heavy atom. The number of carbonyl (C=O) groups excluding carboxylic acids is 2. The van der Waals surface area contributed by atoms with E-state index in [2.05, 4.69) is 10.4 Å². The predicted octanol–water partition coefficient (Wildman–Crippen LogP) is 2.16. The molecule has 1 aliphatic carbocycles. The van der Waals surface area contributed by atoms with Crippen LogP contribution in [0, 0.1) is 5.92 Å². The summed E-state index contributed by atoms with van der Waals surface area (Å²) in [6.45, 7) is 8.40. The van der Waals surface area contributed by atoms with E-state index in [0.29, 0.717) is 17.8 Å². The standard InChI is InChI=1S/C23H31N5O4/c1-13(2)12-26-21-16(7-10-18(29)27-14(3)5-6-15(27)4)11-24-28(21)23(32)19(22(26)31)20(30)25-17-8-9-17/h7,10-11,13-15,17,31H,5-6,8-9,12H2,1-4H3,(H,25,30)/b10-7+/t14-,15-/m1/s1. The van der Waals surface area contributed by atoms with Crippen LogP contribution in [0.1, 0.15) is 69.3 Å². The topological polar surface area (TPSA) is 109 Å². The van der Waals surface area contributed by atoms with Crippen molar-refractivity contribution in [3.05, 3.63) is 33.8 Å². The first-order valence-electron chi connectivity index (χ1n) is 11.3. The summed E-state index contributed by atoms with van der Waals surface area (Å²) >= 11 is 0. The Morgan fingerprint density at radius 3 is 2.47 bits per heavy atom. The Kier molecular flexibility index (Phi) is 5.83. The molecule has 0 spiro atoms. The Balaban J connectivity index is 1.77. The van der Waals surface area contributed by atoms with Crippen molar-refractivity contribution in [2.75, 3.05) is 0 Å². The van der Waals surface area contributed by atoms with E-state index in [0.717, 1.165) is 30.2 Å². The van der Waals surface area contributed by atoms with Gasteiger partial charge in [-0.2, -0.15) is 9.61 Å². The number of aromatic nitrogens is 3. The van der Waals surface area contributed by atoms with Gasteiger partial charge in [0.2, 0.25) is 11.8 Å². The Bertz CT molecular complexity index is 1130. The van der Waals surface area contributed by atoms with Gasteiger partial charge in [-0.15, -0.1) is 0 Å². The van der Waals surface area contributed by atoms with E-state index < -0.39 is 11.5 Å². The minimum Gasteiger partial charge on any atom is -0.494 e. The van der Waals surface area contributed by atoms with Crippen molar-refractivity contribution in [2.45, 2.75) is 78.0 Å². The van der Waals surface area contributed by atoms with Crippen molar-refractivity contribution >= 4 is 23.5 Å². The van der Waals surface area contributed by atoms with Crippen LogP contribution in [0.2, 0.25) is 0 Å². The summed E-state index contributed by atoms with van der Waals surface area (Å²) in [6.07, 6.45) is 8.29. The first-order chi connectivity index (χ1) is 15.2. The molecule has 1 saturated carbocycles. The molecule has 1 saturated heterocycles. The highest BCUT2D eigenvalue weighted by atomic mass is 16.3. The van der Waals surface area contributed by atoms with Gasteiger partial charge in [-0.3, -0.25) is 19.0 Å². The van der Waals surface area contributed by atoms with Crippen LogP contribution in [0.4, 0.5) is 0 Å². The molecule has 0 unspecified atom stereocenters. The van der Waals surface area contributed by atoms with E-state index in [9.17, 15) is 19.5 Å². The zero-order valence-electron chi connectivity index (χ0n) is 19.0. The molecule has 0 radical (unpaired) electrons. The van der Waals surface area contributed by atoms with Crippen LogP contribution in [0.3, 0.4) is 0 Å². The molecular weight excluding hydrogens is 410 g/mol. The van der Waals surface area contributed by atoms with Gasteiger partial charge in [0.05, 0.1) is 6.20 Å². The lowest BCUT2D eigenvalue weighted by molar-refractivity contribution is -0.128. The molecule has 2 atom stereocenters. The summed E-state index contributed by atoms with van der Waals surface area (Å²) in [5.74, 6) is -0.928. The summed E-state index contributed by atoms with van der Waals surface area (Å²) in [4.78, 5) is 40.4. The predicted molar refractivity (Wildman–Crippen MR) is 120 cm³/mol. The highest BCUT2D eigenvalue weighted by Gasteiger charge is 2.31. The monoisotopic (exact) mass is 441 g/mol. The number of amides is 2. The lowest BCUT2D eigenvalue weighted by atomic mass is 10.2. The molecular formula is C23H31N5O4. The highest BCUT2D eigenvalue weighted by molar-refractivity contribution is 5.97. The number of hydrogen-bond acceptors (Lipinski definition) is 5. The molecule has 2 aromatic rings. The molecule has 2 fully saturated rings.